The molecule has 0 fully saturated rings. The summed E-state index contributed by atoms with van der Waals surface area (Å²) >= 11 is 0. The monoisotopic (exact) mass is 303 g/mol. The van der Waals surface area contributed by atoms with Gasteiger partial charge in [-0.1, -0.05) is 6.07 Å². The lowest BCUT2D eigenvalue weighted by molar-refractivity contribution is -0.142. The summed E-state index contributed by atoms with van der Waals surface area (Å²) in [6.45, 7) is 7.30. The highest BCUT2D eigenvalue weighted by Crippen LogP contribution is 2.29. The second kappa shape index (κ2) is 8.08. The molecule has 5 nitrogen and oxygen atoms in total. The Morgan fingerprint density at radius 2 is 1.86 bits per heavy atom. The zero-order chi connectivity index (χ0) is 16.7. The average molecular weight is 303 g/mol. The molecule has 0 spiro atoms. The number of carbonyl (C=O) groups excluding carboxylic acids is 1. The van der Waals surface area contributed by atoms with Crippen LogP contribution < -0.4 is 9.47 Å². The third kappa shape index (κ3) is 5.13. The highest BCUT2D eigenvalue weighted by atomic mass is 16.5. The van der Waals surface area contributed by atoms with E-state index in [0.29, 0.717) is 17.1 Å². The molecule has 0 aromatic heterocycles. The van der Waals surface area contributed by atoms with E-state index in [1.807, 2.05) is 19.9 Å². The summed E-state index contributed by atoms with van der Waals surface area (Å²) in [6.07, 6.45) is 1.21. The largest absolute Gasteiger partial charge is 0.493 e. The number of esters is 1. The molecule has 0 saturated heterocycles. The van der Waals surface area contributed by atoms with Gasteiger partial charge in [0.15, 0.2) is 11.5 Å². The molecule has 0 radical (unpaired) electrons. The Bertz CT molecular complexity index is 597. The maximum atomic E-state index is 11.8. The molecule has 0 saturated carbocycles. The molecule has 0 unspecified atom stereocenters. The van der Waals surface area contributed by atoms with Gasteiger partial charge in [-0.2, -0.15) is 5.26 Å². The number of nitriles is 1. The maximum Gasteiger partial charge on any atom is 0.349 e. The van der Waals surface area contributed by atoms with Crippen molar-refractivity contribution in [3.63, 3.8) is 0 Å². The highest BCUT2D eigenvalue weighted by molar-refractivity contribution is 5.98. The first-order chi connectivity index (χ1) is 10.4. The molecule has 0 heterocycles. The molecule has 1 aromatic carbocycles. The van der Waals surface area contributed by atoms with E-state index in [9.17, 15) is 4.79 Å². The van der Waals surface area contributed by atoms with Gasteiger partial charge < -0.3 is 14.2 Å². The first kappa shape index (κ1) is 17.6. The topological polar surface area (TPSA) is 68.5 Å². The summed E-state index contributed by atoms with van der Waals surface area (Å²) in [4.78, 5) is 11.8. The van der Waals surface area contributed by atoms with Crippen LogP contribution in [0.5, 0.6) is 11.5 Å². The number of methoxy groups -OCH3 is 1. The first-order valence-corrected chi connectivity index (χ1v) is 7.04. The summed E-state index contributed by atoms with van der Waals surface area (Å²) in [5, 5.41) is 9.10. The number of rotatable bonds is 6. The van der Waals surface area contributed by atoms with E-state index in [1.165, 1.54) is 13.2 Å². The van der Waals surface area contributed by atoms with Crippen LogP contribution in [0.3, 0.4) is 0 Å². The van der Waals surface area contributed by atoms with Crippen molar-refractivity contribution in [2.75, 3.05) is 7.11 Å². The van der Waals surface area contributed by atoms with Gasteiger partial charge in [0, 0.05) is 0 Å². The fraction of sp³-hybridized carbons (Fsp3) is 0.412. The van der Waals surface area contributed by atoms with Crippen LogP contribution in [0.1, 0.15) is 33.3 Å². The van der Waals surface area contributed by atoms with Crippen molar-refractivity contribution in [2.24, 2.45) is 0 Å². The molecule has 0 aliphatic carbocycles. The van der Waals surface area contributed by atoms with Crippen molar-refractivity contribution >= 4 is 12.0 Å². The number of carbonyl (C=O) groups is 1. The van der Waals surface area contributed by atoms with Crippen LogP contribution in [0.25, 0.3) is 6.08 Å². The van der Waals surface area contributed by atoms with Gasteiger partial charge in [0.25, 0.3) is 0 Å². The third-order valence-electron chi connectivity index (χ3n) is 2.54. The van der Waals surface area contributed by atoms with Crippen LogP contribution in [0.15, 0.2) is 23.8 Å². The van der Waals surface area contributed by atoms with Gasteiger partial charge in [0.2, 0.25) is 0 Å². The summed E-state index contributed by atoms with van der Waals surface area (Å²) in [6, 6.07) is 7.05. The Hall–Kier alpha value is -2.48. The van der Waals surface area contributed by atoms with E-state index >= 15 is 0 Å². The van der Waals surface area contributed by atoms with Gasteiger partial charge >= 0.3 is 5.97 Å². The van der Waals surface area contributed by atoms with E-state index in [4.69, 9.17) is 19.5 Å². The minimum absolute atomic E-state index is 0.0194. The standard InChI is InChI=1S/C17H21NO4/c1-11(2)21-15-7-6-13(9-16(15)20-5)8-14(10-18)17(19)22-12(3)4/h6-9,11-12H,1-5H3/b14-8-. The normalized spacial score (nSPS) is 11.3. The van der Waals surface area contributed by atoms with Gasteiger partial charge in [-0.3, -0.25) is 0 Å². The lowest BCUT2D eigenvalue weighted by Gasteiger charge is -2.14. The van der Waals surface area contributed by atoms with E-state index < -0.39 is 5.97 Å². The molecule has 0 aliphatic heterocycles. The molecule has 22 heavy (non-hydrogen) atoms. The number of hydrogen-bond donors (Lipinski definition) is 0. The average Bonchev–Trinajstić information content (AvgIpc) is 2.44. The summed E-state index contributed by atoms with van der Waals surface area (Å²) in [7, 11) is 1.54. The fourth-order valence-corrected chi connectivity index (χ4v) is 1.71. The van der Waals surface area contributed by atoms with Crippen molar-refractivity contribution in [3.8, 4) is 17.6 Å². The molecule has 118 valence electrons. The van der Waals surface area contributed by atoms with Crippen molar-refractivity contribution in [3.05, 3.63) is 29.3 Å². The number of ether oxygens (including phenoxy) is 3. The summed E-state index contributed by atoms with van der Waals surface area (Å²) < 4.78 is 15.9. The van der Waals surface area contributed by atoms with Gasteiger partial charge in [-0.15, -0.1) is 0 Å². The third-order valence-corrected chi connectivity index (χ3v) is 2.54. The number of hydrogen-bond acceptors (Lipinski definition) is 5. The second-order valence-electron chi connectivity index (χ2n) is 5.20. The van der Waals surface area contributed by atoms with Crippen LogP contribution in [0, 0.1) is 11.3 Å². The Morgan fingerprint density at radius 1 is 1.18 bits per heavy atom. The summed E-state index contributed by atoms with van der Waals surface area (Å²) in [5.74, 6) is 0.508. The lowest BCUT2D eigenvalue weighted by atomic mass is 10.1. The van der Waals surface area contributed by atoms with Gasteiger partial charge in [-0.05, 0) is 51.5 Å². The van der Waals surface area contributed by atoms with E-state index in [0.717, 1.165) is 0 Å². The predicted molar refractivity (Wildman–Crippen MR) is 83.6 cm³/mol. The Morgan fingerprint density at radius 3 is 2.36 bits per heavy atom. The smallest absolute Gasteiger partial charge is 0.349 e. The molecule has 0 bridgehead atoms. The quantitative estimate of drug-likeness (QED) is 0.458. The van der Waals surface area contributed by atoms with Crippen LogP contribution in [-0.2, 0) is 9.53 Å². The number of nitrogens with zero attached hydrogens (tertiary/aromatic N) is 1. The first-order valence-electron chi connectivity index (χ1n) is 7.04. The van der Waals surface area contributed by atoms with Gasteiger partial charge in [-0.25, -0.2) is 4.79 Å². The van der Waals surface area contributed by atoms with E-state index in [2.05, 4.69) is 0 Å². The molecule has 1 rings (SSSR count). The minimum atomic E-state index is -0.640. The molecule has 0 atom stereocenters. The fourth-order valence-electron chi connectivity index (χ4n) is 1.71. The van der Waals surface area contributed by atoms with Crippen molar-refractivity contribution in [1.29, 1.82) is 5.26 Å². The Labute approximate surface area is 131 Å². The Kier molecular flexibility index (Phi) is 6.46. The summed E-state index contributed by atoms with van der Waals surface area (Å²) in [5.41, 5.74) is 0.596. The van der Waals surface area contributed by atoms with Crippen LogP contribution in [0.4, 0.5) is 0 Å². The van der Waals surface area contributed by atoms with Crippen LogP contribution in [-0.4, -0.2) is 25.3 Å². The molecular formula is C17H21NO4. The molecular weight excluding hydrogens is 282 g/mol. The van der Waals surface area contributed by atoms with Crippen LogP contribution in [0.2, 0.25) is 0 Å². The minimum Gasteiger partial charge on any atom is -0.493 e. The highest BCUT2D eigenvalue weighted by Gasteiger charge is 2.13. The molecule has 5 heteroatoms. The molecule has 0 N–H and O–H groups in total. The van der Waals surface area contributed by atoms with Gasteiger partial charge in [0.05, 0.1) is 19.3 Å². The predicted octanol–water partition coefficient (Wildman–Crippen LogP) is 3.34. The van der Waals surface area contributed by atoms with Crippen LogP contribution >= 0.6 is 0 Å². The molecule has 0 amide bonds. The zero-order valence-electron chi connectivity index (χ0n) is 13.5. The second-order valence-corrected chi connectivity index (χ2v) is 5.20. The molecule has 0 aliphatic rings. The molecule has 1 aromatic rings. The Balaban J connectivity index is 3.08. The van der Waals surface area contributed by atoms with E-state index in [1.54, 1.807) is 32.0 Å². The van der Waals surface area contributed by atoms with Crippen molar-refractivity contribution in [1.82, 2.24) is 0 Å². The SMILES string of the molecule is COc1cc(/C=C(/C#N)C(=O)OC(C)C)ccc1OC(C)C. The number of benzene rings is 1. The van der Waals surface area contributed by atoms with Crippen molar-refractivity contribution < 1.29 is 19.0 Å². The van der Waals surface area contributed by atoms with Crippen molar-refractivity contribution in [2.45, 2.75) is 39.9 Å². The maximum absolute atomic E-state index is 11.8. The zero-order valence-corrected chi connectivity index (χ0v) is 13.5. The lowest BCUT2D eigenvalue weighted by Crippen LogP contribution is -2.12. The van der Waals surface area contributed by atoms with E-state index in [-0.39, 0.29) is 17.8 Å². The van der Waals surface area contributed by atoms with Gasteiger partial charge in [0.1, 0.15) is 11.6 Å².